The van der Waals surface area contributed by atoms with Crippen molar-refractivity contribution < 1.29 is 8.42 Å². The van der Waals surface area contributed by atoms with E-state index in [2.05, 4.69) is 37.9 Å². The van der Waals surface area contributed by atoms with Crippen molar-refractivity contribution in [2.24, 2.45) is 5.73 Å². The third kappa shape index (κ3) is 3.82. The van der Waals surface area contributed by atoms with E-state index in [9.17, 15) is 8.42 Å². The summed E-state index contributed by atoms with van der Waals surface area (Å²) < 4.78 is 26.0. The first-order valence-corrected chi connectivity index (χ1v) is 6.49. The number of nitrogens with one attached hydrogen (secondary N) is 1. The van der Waals surface area contributed by atoms with Gasteiger partial charge in [0, 0.05) is 16.9 Å². The van der Waals surface area contributed by atoms with Gasteiger partial charge in [-0.05, 0) is 22.0 Å². The van der Waals surface area contributed by atoms with Crippen LogP contribution in [0.4, 0.5) is 0 Å². The second kappa shape index (κ2) is 4.97. The molecule has 0 aliphatic rings. The van der Waals surface area contributed by atoms with Crippen molar-refractivity contribution in [3.8, 4) is 0 Å². The SMILES string of the molecule is NC(=S)CNS(=O)(=O)c1cncc(Br)c1. The largest absolute Gasteiger partial charge is 0.392 e. The van der Waals surface area contributed by atoms with Crippen LogP contribution >= 0.6 is 28.1 Å². The molecular weight excluding hydrogens is 302 g/mol. The van der Waals surface area contributed by atoms with E-state index in [0.717, 1.165) is 0 Å². The summed E-state index contributed by atoms with van der Waals surface area (Å²) in [4.78, 5) is 3.90. The summed E-state index contributed by atoms with van der Waals surface area (Å²) in [6.45, 7) is -0.0653. The molecule has 1 heterocycles. The highest BCUT2D eigenvalue weighted by Crippen LogP contribution is 2.13. The number of pyridine rings is 1. The normalized spacial score (nSPS) is 11.3. The molecule has 8 heteroatoms. The van der Waals surface area contributed by atoms with Crippen molar-refractivity contribution in [1.29, 1.82) is 0 Å². The van der Waals surface area contributed by atoms with Gasteiger partial charge in [0.2, 0.25) is 10.0 Å². The molecule has 0 saturated heterocycles. The molecule has 3 N–H and O–H groups in total. The second-order valence-corrected chi connectivity index (χ2v) is 5.84. The number of thiocarbonyl (C=S) groups is 1. The Hall–Kier alpha value is -0.570. The van der Waals surface area contributed by atoms with E-state index >= 15 is 0 Å². The monoisotopic (exact) mass is 309 g/mol. The van der Waals surface area contributed by atoms with E-state index in [1.807, 2.05) is 0 Å². The molecule has 0 aliphatic heterocycles. The molecule has 15 heavy (non-hydrogen) atoms. The van der Waals surface area contributed by atoms with Gasteiger partial charge in [-0.1, -0.05) is 12.2 Å². The van der Waals surface area contributed by atoms with Gasteiger partial charge in [0.05, 0.1) is 11.5 Å². The summed E-state index contributed by atoms with van der Waals surface area (Å²) in [6.07, 6.45) is 2.74. The number of aromatic nitrogens is 1. The van der Waals surface area contributed by atoms with Crippen molar-refractivity contribution in [2.75, 3.05) is 6.54 Å². The average Bonchev–Trinajstić information content (AvgIpc) is 2.15. The van der Waals surface area contributed by atoms with Crippen LogP contribution in [0.2, 0.25) is 0 Å². The van der Waals surface area contributed by atoms with E-state index in [1.54, 1.807) is 0 Å². The third-order valence-corrected chi connectivity index (χ3v) is 3.37. The Kier molecular flexibility index (Phi) is 4.14. The number of hydrogen-bond acceptors (Lipinski definition) is 4. The van der Waals surface area contributed by atoms with Gasteiger partial charge in [-0.2, -0.15) is 0 Å². The Morgan fingerprint density at radius 2 is 2.27 bits per heavy atom. The lowest BCUT2D eigenvalue weighted by molar-refractivity contribution is 0.586. The Morgan fingerprint density at radius 3 is 2.80 bits per heavy atom. The van der Waals surface area contributed by atoms with E-state index < -0.39 is 10.0 Å². The fraction of sp³-hybridized carbons (Fsp3) is 0.143. The van der Waals surface area contributed by atoms with E-state index in [4.69, 9.17) is 5.73 Å². The molecule has 0 unspecified atom stereocenters. The van der Waals surface area contributed by atoms with Crippen LogP contribution in [-0.4, -0.2) is 24.9 Å². The molecule has 0 saturated carbocycles. The Balaban J connectivity index is 2.91. The maximum Gasteiger partial charge on any atom is 0.242 e. The smallest absolute Gasteiger partial charge is 0.242 e. The summed E-state index contributed by atoms with van der Waals surface area (Å²) in [5.41, 5.74) is 5.19. The minimum Gasteiger partial charge on any atom is -0.392 e. The van der Waals surface area contributed by atoms with Gasteiger partial charge in [0.15, 0.2) is 0 Å². The number of hydrogen-bond donors (Lipinski definition) is 2. The second-order valence-electron chi connectivity index (χ2n) is 2.63. The highest BCUT2D eigenvalue weighted by atomic mass is 79.9. The molecule has 0 aromatic carbocycles. The minimum atomic E-state index is -3.59. The van der Waals surface area contributed by atoms with E-state index in [0.29, 0.717) is 4.47 Å². The van der Waals surface area contributed by atoms with E-state index in [-0.39, 0.29) is 16.4 Å². The summed E-state index contributed by atoms with van der Waals surface area (Å²) in [5, 5.41) is 0. The van der Waals surface area contributed by atoms with Crippen LogP contribution in [0.3, 0.4) is 0 Å². The van der Waals surface area contributed by atoms with Gasteiger partial charge < -0.3 is 5.73 Å². The topological polar surface area (TPSA) is 85.1 Å². The van der Waals surface area contributed by atoms with Crippen molar-refractivity contribution in [3.05, 3.63) is 22.9 Å². The summed E-state index contributed by atoms with van der Waals surface area (Å²) in [5.74, 6) is 0. The first-order valence-electron chi connectivity index (χ1n) is 3.80. The summed E-state index contributed by atoms with van der Waals surface area (Å²) in [7, 11) is -3.59. The van der Waals surface area contributed by atoms with Gasteiger partial charge in [-0.3, -0.25) is 4.98 Å². The molecule has 1 aromatic heterocycles. The van der Waals surface area contributed by atoms with Crippen LogP contribution in [-0.2, 0) is 10.0 Å². The fourth-order valence-corrected chi connectivity index (χ4v) is 2.46. The van der Waals surface area contributed by atoms with Gasteiger partial charge >= 0.3 is 0 Å². The van der Waals surface area contributed by atoms with Gasteiger partial charge in [-0.15, -0.1) is 0 Å². The highest BCUT2D eigenvalue weighted by Gasteiger charge is 2.14. The maximum absolute atomic E-state index is 11.6. The molecule has 0 radical (unpaired) electrons. The Morgan fingerprint density at radius 1 is 1.60 bits per heavy atom. The molecule has 0 amide bonds. The van der Waals surface area contributed by atoms with Gasteiger partial charge in [-0.25, -0.2) is 13.1 Å². The molecule has 0 spiro atoms. The summed E-state index contributed by atoms with van der Waals surface area (Å²) in [6, 6.07) is 1.44. The van der Waals surface area contributed by atoms with Crippen molar-refractivity contribution >= 4 is 43.2 Å². The van der Waals surface area contributed by atoms with Gasteiger partial charge in [0.25, 0.3) is 0 Å². The molecule has 5 nitrogen and oxygen atoms in total. The lowest BCUT2D eigenvalue weighted by atomic mass is 10.5. The number of nitrogens with two attached hydrogens (primary N) is 1. The first-order chi connectivity index (χ1) is 6.92. The van der Waals surface area contributed by atoms with Crippen molar-refractivity contribution in [3.63, 3.8) is 0 Å². The molecule has 0 bridgehead atoms. The zero-order valence-electron chi connectivity index (χ0n) is 7.47. The summed E-state index contributed by atoms with van der Waals surface area (Å²) >= 11 is 7.69. The predicted octanol–water partition coefficient (Wildman–Crippen LogP) is 0.409. The standard InChI is InChI=1S/C7H8BrN3O2S2/c8-5-1-6(3-10-2-5)15(12,13)11-4-7(9)14/h1-3,11H,4H2,(H2,9,14). The Labute approximate surface area is 101 Å². The number of nitrogens with zero attached hydrogens (tertiary/aromatic N) is 1. The third-order valence-electron chi connectivity index (χ3n) is 1.43. The molecule has 0 atom stereocenters. The zero-order chi connectivity index (χ0) is 11.5. The van der Waals surface area contributed by atoms with Crippen LogP contribution in [0.15, 0.2) is 27.8 Å². The highest BCUT2D eigenvalue weighted by molar-refractivity contribution is 9.10. The van der Waals surface area contributed by atoms with E-state index in [1.165, 1.54) is 18.5 Å². The molecule has 82 valence electrons. The predicted molar refractivity (Wildman–Crippen MR) is 63.9 cm³/mol. The lowest BCUT2D eigenvalue weighted by Crippen LogP contribution is -2.32. The molecule has 0 fully saturated rings. The van der Waals surface area contributed by atoms with Crippen LogP contribution in [0, 0.1) is 0 Å². The molecule has 1 rings (SSSR count). The number of rotatable bonds is 4. The first kappa shape index (κ1) is 12.5. The fourth-order valence-electron chi connectivity index (χ4n) is 0.789. The lowest BCUT2D eigenvalue weighted by Gasteiger charge is -2.05. The zero-order valence-corrected chi connectivity index (χ0v) is 10.7. The Bertz CT molecular complexity index is 475. The molecular formula is C7H8BrN3O2S2. The van der Waals surface area contributed by atoms with Gasteiger partial charge in [0.1, 0.15) is 4.90 Å². The molecule has 1 aromatic rings. The quantitative estimate of drug-likeness (QED) is 0.787. The minimum absolute atomic E-state index is 0.0631. The van der Waals surface area contributed by atoms with Crippen LogP contribution < -0.4 is 10.5 Å². The van der Waals surface area contributed by atoms with Crippen LogP contribution in [0.1, 0.15) is 0 Å². The average molecular weight is 310 g/mol. The van der Waals surface area contributed by atoms with Crippen LogP contribution in [0.25, 0.3) is 0 Å². The van der Waals surface area contributed by atoms with Crippen molar-refractivity contribution in [2.45, 2.75) is 4.90 Å². The molecule has 0 aliphatic carbocycles. The van der Waals surface area contributed by atoms with Crippen LogP contribution in [0.5, 0.6) is 0 Å². The maximum atomic E-state index is 11.6. The number of sulfonamides is 1. The van der Waals surface area contributed by atoms with Crippen molar-refractivity contribution in [1.82, 2.24) is 9.71 Å². The number of halogens is 1.